The summed E-state index contributed by atoms with van der Waals surface area (Å²) in [6.45, 7) is 3.46. The van der Waals surface area contributed by atoms with E-state index in [1.54, 1.807) is 43.5 Å². The lowest BCUT2D eigenvalue weighted by Crippen LogP contribution is -2.36. The SMILES string of the molecule is COc1ccc(NC(=O)CN2C(=O)S/C(=C/c3cc(I)c(OC(C)C)c(OC)c3)C2=O)cc1. The first-order valence-corrected chi connectivity index (χ1v) is 11.8. The highest BCUT2D eigenvalue weighted by atomic mass is 127. The minimum atomic E-state index is -0.522. The Morgan fingerprint density at radius 2 is 1.85 bits per heavy atom. The third-order valence-electron chi connectivity index (χ3n) is 4.45. The Balaban J connectivity index is 1.73. The van der Waals surface area contributed by atoms with E-state index in [2.05, 4.69) is 27.9 Å². The zero-order valence-electron chi connectivity index (χ0n) is 18.5. The van der Waals surface area contributed by atoms with Gasteiger partial charge in [-0.15, -0.1) is 0 Å². The second kappa shape index (κ2) is 10.9. The van der Waals surface area contributed by atoms with Gasteiger partial charge in [-0.25, -0.2) is 0 Å². The Labute approximate surface area is 209 Å². The standard InChI is InChI=1S/C23H23IN2O6S/c1-13(2)32-21-17(24)9-14(10-18(21)31-4)11-19-22(28)26(23(29)33-19)12-20(27)25-15-5-7-16(30-3)8-6-15/h5-11,13H,12H2,1-4H3,(H,25,27)/b19-11+. The first-order chi connectivity index (χ1) is 15.7. The van der Waals surface area contributed by atoms with Crippen LogP contribution in [0, 0.1) is 3.57 Å². The molecule has 1 heterocycles. The van der Waals surface area contributed by atoms with Gasteiger partial charge in [0.2, 0.25) is 5.91 Å². The minimum Gasteiger partial charge on any atom is -0.497 e. The summed E-state index contributed by atoms with van der Waals surface area (Å²) in [5, 5.41) is 2.17. The summed E-state index contributed by atoms with van der Waals surface area (Å²) in [4.78, 5) is 38.7. The van der Waals surface area contributed by atoms with Crippen LogP contribution in [-0.2, 0) is 9.59 Å². The van der Waals surface area contributed by atoms with Crippen LogP contribution in [0.15, 0.2) is 41.3 Å². The van der Waals surface area contributed by atoms with Crippen molar-refractivity contribution in [1.82, 2.24) is 4.90 Å². The molecule has 0 atom stereocenters. The maximum Gasteiger partial charge on any atom is 0.294 e. The van der Waals surface area contributed by atoms with Gasteiger partial charge in [-0.3, -0.25) is 19.3 Å². The predicted octanol–water partition coefficient (Wildman–Crippen LogP) is 4.77. The third kappa shape index (κ3) is 6.20. The molecule has 0 bridgehead atoms. The minimum absolute atomic E-state index is 0.0289. The van der Waals surface area contributed by atoms with Gasteiger partial charge < -0.3 is 19.5 Å². The van der Waals surface area contributed by atoms with Crippen molar-refractivity contribution < 1.29 is 28.6 Å². The topological polar surface area (TPSA) is 94.2 Å². The molecule has 1 aliphatic heterocycles. The number of methoxy groups -OCH3 is 2. The molecule has 0 saturated carbocycles. The normalized spacial score (nSPS) is 14.7. The van der Waals surface area contributed by atoms with E-state index < -0.39 is 17.1 Å². The van der Waals surface area contributed by atoms with E-state index in [1.807, 2.05) is 19.9 Å². The zero-order valence-corrected chi connectivity index (χ0v) is 21.5. The Bertz CT molecular complexity index is 1100. The number of nitrogens with one attached hydrogen (secondary N) is 1. The van der Waals surface area contributed by atoms with E-state index in [1.165, 1.54) is 7.11 Å². The highest BCUT2D eigenvalue weighted by Crippen LogP contribution is 2.37. The van der Waals surface area contributed by atoms with Gasteiger partial charge in [0.1, 0.15) is 12.3 Å². The Morgan fingerprint density at radius 3 is 2.45 bits per heavy atom. The monoisotopic (exact) mass is 582 g/mol. The fourth-order valence-electron chi connectivity index (χ4n) is 2.98. The summed E-state index contributed by atoms with van der Waals surface area (Å²) < 4.78 is 17.1. The Kier molecular flexibility index (Phi) is 8.25. The van der Waals surface area contributed by atoms with Crippen LogP contribution in [0.1, 0.15) is 19.4 Å². The number of thioether (sulfide) groups is 1. The molecule has 2 aromatic carbocycles. The molecule has 8 nitrogen and oxygen atoms in total. The molecule has 0 spiro atoms. The van der Waals surface area contributed by atoms with Gasteiger partial charge in [0.15, 0.2) is 11.5 Å². The van der Waals surface area contributed by atoms with Gasteiger partial charge >= 0.3 is 0 Å². The second-order valence-electron chi connectivity index (χ2n) is 7.25. The Hall–Kier alpha value is -2.73. The molecular formula is C23H23IN2O6S. The molecule has 1 N–H and O–H groups in total. The van der Waals surface area contributed by atoms with E-state index in [0.717, 1.165) is 20.2 Å². The number of carbonyl (C=O) groups excluding carboxylic acids is 3. The highest BCUT2D eigenvalue weighted by Gasteiger charge is 2.36. The van der Waals surface area contributed by atoms with Gasteiger partial charge in [-0.05, 0) is 96.2 Å². The smallest absolute Gasteiger partial charge is 0.294 e. The van der Waals surface area contributed by atoms with E-state index in [-0.39, 0.29) is 17.6 Å². The quantitative estimate of drug-likeness (QED) is 0.354. The van der Waals surface area contributed by atoms with Crippen LogP contribution in [0.5, 0.6) is 17.2 Å². The zero-order chi connectivity index (χ0) is 24.1. The molecule has 2 aromatic rings. The summed E-state index contributed by atoms with van der Waals surface area (Å²) in [6, 6.07) is 10.3. The van der Waals surface area contributed by atoms with Crippen LogP contribution in [0.25, 0.3) is 6.08 Å². The van der Waals surface area contributed by atoms with Gasteiger partial charge in [-0.1, -0.05) is 0 Å². The Morgan fingerprint density at radius 1 is 1.15 bits per heavy atom. The number of imide groups is 1. The van der Waals surface area contributed by atoms with Gasteiger partial charge in [0.05, 0.1) is 28.8 Å². The van der Waals surface area contributed by atoms with Gasteiger partial charge in [0, 0.05) is 5.69 Å². The van der Waals surface area contributed by atoms with Crippen molar-refractivity contribution >= 4 is 63.2 Å². The molecular weight excluding hydrogens is 559 g/mol. The number of rotatable bonds is 8. The number of amides is 3. The molecule has 1 saturated heterocycles. The first kappa shape index (κ1) is 24.9. The van der Waals surface area contributed by atoms with Crippen LogP contribution in [0.4, 0.5) is 10.5 Å². The first-order valence-electron chi connectivity index (χ1n) is 9.95. The van der Waals surface area contributed by atoms with Crippen molar-refractivity contribution in [3.05, 3.63) is 50.4 Å². The van der Waals surface area contributed by atoms with E-state index in [9.17, 15) is 14.4 Å². The van der Waals surface area contributed by atoms with Crippen molar-refractivity contribution in [1.29, 1.82) is 0 Å². The number of ether oxygens (including phenoxy) is 3. The number of carbonyl (C=O) groups is 3. The molecule has 3 rings (SSSR count). The predicted molar refractivity (Wildman–Crippen MR) is 136 cm³/mol. The largest absolute Gasteiger partial charge is 0.497 e. The number of halogens is 1. The van der Waals surface area contributed by atoms with Gasteiger partial charge in [0.25, 0.3) is 11.1 Å². The van der Waals surface area contributed by atoms with E-state index >= 15 is 0 Å². The molecule has 0 aliphatic carbocycles. The number of benzene rings is 2. The molecule has 10 heteroatoms. The molecule has 0 aromatic heterocycles. The molecule has 1 aliphatic rings. The number of hydrogen-bond acceptors (Lipinski definition) is 7. The highest BCUT2D eigenvalue weighted by molar-refractivity contribution is 14.1. The average molecular weight is 582 g/mol. The molecule has 3 amide bonds. The molecule has 0 unspecified atom stereocenters. The lowest BCUT2D eigenvalue weighted by Gasteiger charge is -2.16. The maximum atomic E-state index is 12.8. The summed E-state index contributed by atoms with van der Waals surface area (Å²) in [7, 11) is 3.09. The van der Waals surface area contributed by atoms with Crippen LogP contribution >= 0.6 is 34.4 Å². The van der Waals surface area contributed by atoms with Gasteiger partial charge in [-0.2, -0.15) is 0 Å². The van der Waals surface area contributed by atoms with E-state index in [4.69, 9.17) is 14.2 Å². The summed E-state index contributed by atoms with van der Waals surface area (Å²) in [5.41, 5.74) is 1.22. The average Bonchev–Trinajstić information content (AvgIpc) is 3.03. The molecule has 174 valence electrons. The van der Waals surface area contributed by atoms with Crippen molar-refractivity contribution in [2.45, 2.75) is 20.0 Å². The number of hydrogen-bond donors (Lipinski definition) is 1. The number of anilines is 1. The third-order valence-corrected chi connectivity index (χ3v) is 6.16. The maximum absolute atomic E-state index is 12.8. The lowest BCUT2D eigenvalue weighted by atomic mass is 10.2. The van der Waals surface area contributed by atoms with Crippen LogP contribution in [0.3, 0.4) is 0 Å². The van der Waals surface area contributed by atoms with Crippen LogP contribution in [-0.4, -0.2) is 48.8 Å². The van der Waals surface area contributed by atoms with Crippen molar-refractivity contribution in [2.75, 3.05) is 26.1 Å². The summed E-state index contributed by atoms with van der Waals surface area (Å²) >= 11 is 2.93. The van der Waals surface area contributed by atoms with E-state index in [0.29, 0.717) is 28.5 Å². The number of nitrogens with zero attached hydrogens (tertiary/aromatic N) is 1. The van der Waals surface area contributed by atoms with Crippen molar-refractivity contribution in [3.8, 4) is 17.2 Å². The van der Waals surface area contributed by atoms with Crippen molar-refractivity contribution in [3.63, 3.8) is 0 Å². The lowest BCUT2D eigenvalue weighted by molar-refractivity contribution is -0.127. The fourth-order valence-corrected chi connectivity index (χ4v) is 4.57. The summed E-state index contributed by atoms with van der Waals surface area (Å²) in [6.07, 6.45) is 1.58. The molecule has 0 radical (unpaired) electrons. The van der Waals surface area contributed by atoms with Crippen LogP contribution < -0.4 is 19.5 Å². The molecule has 1 fully saturated rings. The molecule has 33 heavy (non-hydrogen) atoms. The van der Waals surface area contributed by atoms with Crippen LogP contribution in [0.2, 0.25) is 0 Å². The second-order valence-corrected chi connectivity index (χ2v) is 9.40. The summed E-state index contributed by atoms with van der Waals surface area (Å²) in [5.74, 6) is 0.800. The van der Waals surface area contributed by atoms with Crippen molar-refractivity contribution in [2.24, 2.45) is 0 Å². The fraction of sp³-hybridized carbons (Fsp3) is 0.261.